The van der Waals surface area contributed by atoms with Crippen LogP contribution in [0.25, 0.3) is 0 Å². The summed E-state index contributed by atoms with van der Waals surface area (Å²) in [6.45, 7) is 15.5. The van der Waals surface area contributed by atoms with Crippen LogP contribution in [0.2, 0.25) is 0 Å². The summed E-state index contributed by atoms with van der Waals surface area (Å²) in [7, 11) is 0. The van der Waals surface area contributed by atoms with Crippen molar-refractivity contribution in [2.45, 2.75) is 53.3 Å². The van der Waals surface area contributed by atoms with Crippen molar-refractivity contribution in [1.29, 1.82) is 0 Å². The Morgan fingerprint density at radius 3 is 1.79 bits per heavy atom. The third-order valence-electron chi connectivity index (χ3n) is 3.39. The molecule has 0 radical (unpaired) electrons. The molecule has 0 aliphatic carbocycles. The Bertz CT molecular complexity index is 179. The lowest BCUT2D eigenvalue weighted by Crippen LogP contribution is -2.55. The molecule has 1 heterocycles. The summed E-state index contributed by atoms with van der Waals surface area (Å²) in [4.78, 5) is 2.52. The van der Waals surface area contributed by atoms with Crippen LogP contribution in [-0.4, -0.2) is 29.8 Å². The molecule has 0 atom stereocenters. The molecule has 0 amide bonds. The van der Waals surface area contributed by atoms with Crippen LogP contribution in [0.5, 0.6) is 0 Å². The van der Waals surface area contributed by atoms with Crippen molar-refractivity contribution in [3.05, 3.63) is 0 Å². The van der Waals surface area contributed by atoms with Crippen LogP contribution in [0.15, 0.2) is 0 Å². The number of nitrogens with zero attached hydrogens (tertiary/aromatic N) is 1. The molecule has 0 aromatic carbocycles. The topological polar surface area (TPSA) is 12.5 Å². The van der Waals surface area contributed by atoms with E-state index < -0.39 is 0 Å². The Morgan fingerprint density at radius 2 is 1.50 bits per heavy atom. The van der Waals surface area contributed by atoms with Gasteiger partial charge >= 0.3 is 0 Å². The first-order chi connectivity index (χ1) is 6.43. The number of rotatable bonds is 3. The minimum Gasteiger partial charge on any atom is -0.359 e. The van der Waals surface area contributed by atoms with Gasteiger partial charge in [0.1, 0.15) is 5.72 Å². The summed E-state index contributed by atoms with van der Waals surface area (Å²) < 4.78 is 6.06. The number of ether oxygens (including phenoxy) is 1. The second-order valence-corrected chi connectivity index (χ2v) is 5.20. The van der Waals surface area contributed by atoms with Crippen molar-refractivity contribution >= 4 is 0 Å². The lowest BCUT2D eigenvalue weighted by atomic mass is 9.86. The standard InChI is InChI=1S/C12H25NO/c1-9(2)12(10(3)4)13(11(5)6)7-8-14-12/h9-11H,7-8H2,1-6H3. The van der Waals surface area contributed by atoms with Crippen LogP contribution in [0.1, 0.15) is 41.5 Å². The summed E-state index contributed by atoms with van der Waals surface area (Å²) >= 11 is 0. The minimum atomic E-state index is -0.0336. The molecule has 0 bridgehead atoms. The third kappa shape index (κ3) is 1.70. The van der Waals surface area contributed by atoms with Crippen LogP contribution in [0.3, 0.4) is 0 Å². The molecular formula is C12H25NO. The Kier molecular flexibility index (Phi) is 3.59. The average Bonchev–Trinajstić information content (AvgIpc) is 2.47. The zero-order chi connectivity index (χ0) is 10.9. The van der Waals surface area contributed by atoms with Gasteiger partial charge in [0.05, 0.1) is 6.61 Å². The molecule has 0 aromatic rings. The van der Waals surface area contributed by atoms with E-state index >= 15 is 0 Å². The molecule has 0 N–H and O–H groups in total. The van der Waals surface area contributed by atoms with E-state index in [0.29, 0.717) is 17.9 Å². The first kappa shape index (κ1) is 12.0. The van der Waals surface area contributed by atoms with Crippen LogP contribution in [0.4, 0.5) is 0 Å². The van der Waals surface area contributed by atoms with E-state index in [1.807, 2.05) is 0 Å². The smallest absolute Gasteiger partial charge is 0.126 e. The van der Waals surface area contributed by atoms with Crippen molar-refractivity contribution in [2.75, 3.05) is 13.2 Å². The van der Waals surface area contributed by atoms with E-state index in [-0.39, 0.29) is 5.72 Å². The normalized spacial score (nSPS) is 22.9. The fourth-order valence-electron chi connectivity index (χ4n) is 2.89. The van der Waals surface area contributed by atoms with Crippen LogP contribution in [-0.2, 0) is 4.74 Å². The molecule has 1 rings (SSSR count). The van der Waals surface area contributed by atoms with E-state index in [1.54, 1.807) is 0 Å². The molecule has 0 spiro atoms. The van der Waals surface area contributed by atoms with E-state index in [2.05, 4.69) is 46.4 Å². The van der Waals surface area contributed by atoms with Gasteiger partial charge in [-0.2, -0.15) is 0 Å². The Labute approximate surface area is 88.6 Å². The number of hydrogen-bond donors (Lipinski definition) is 0. The maximum absolute atomic E-state index is 6.06. The van der Waals surface area contributed by atoms with Gasteiger partial charge in [0.15, 0.2) is 0 Å². The Balaban J connectivity index is 2.95. The molecule has 1 fully saturated rings. The summed E-state index contributed by atoms with van der Waals surface area (Å²) in [5.41, 5.74) is -0.0336. The molecule has 0 unspecified atom stereocenters. The zero-order valence-corrected chi connectivity index (χ0v) is 10.5. The molecule has 2 heteroatoms. The lowest BCUT2D eigenvalue weighted by molar-refractivity contribution is -0.158. The highest BCUT2D eigenvalue weighted by Crippen LogP contribution is 2.38. The average molecular weight is 199 g/mol. The molecule has 1 aliphatic rings. The molecule has 84 valence electrons. The van der Waals surface area contributed by atoms with Gasteiger partial charge in [0.25, 0.3) is 0 Å². The highest BCUT2D eigenvalue weighted by Gasteiger charge is 2.48. The summed E-state index contributed by atoms with van der Waals surface area (Å²) in [6.07, 6.45) is 0. The fraction of sp³-hybridized carbons (Fsp3) is 1.00. The van der Waals surface area contributed by atoms with Crippen molar-refractivity contribution in [1.82, 2.24) is 4.90 Å². The highest BCUT2D eigenvalue weighted by molar-refractivity contribution is 4.93. The first-order valence-corrected chi connectivity index (χ1v) is 5.83. The predicted molar refractivity (Wildman–Crippen MR) is 60.2 cm³/mol. The highest BCUT2D eigenvalue weighted by atomic mass is 16.5. The monoisotopic (exact) mass is 199 g/mol. The summed E-state index contributed by atoms with van der Waals surface area (Å²) in [5, 5.41) is 0. The van der Waals surface area contributed by atoms with Gasteiger partial charge in [0.2, 0.25) is 0 Å². The summed E-state index contributed by atoms with van der Waals surface area (Å²) in [6, 6.07) is 0.572. The quantitative estimate of drug-likeness (QED) is 0.693. The molecule has 1 aliphatic heterocycles. The van der Waals surface area contributed by atoms with E-state index in [1.165, 1.54) is 0 Å². The van der Waals surface area contributed by atoms with Crippen LogP contribution < -0.4 is 0 Å². The third-order valence-corrected chi connectivity index (χ3v) is 3.39. The van der Waals surface area contributed by atoms with E-state index in [4.69, 9.17) is 4.74 Å². The van der Waals surface area contributed by atoms with Crippen molar-refractivity contribution in [3.8, 4) is 0 Å². The van der Waals surface area contributed by atoms with Gasteiger partial charge in [-0.1, -0.05) is 27.7 Å². The lowest BCUT2D eigenvalue weighted by Gasteiger charge is -2.45. The van der Waals surface area contributed by atoms with Gasteiger partial charge in [-0.25, -0.2) is 0 Å². The SMILES string of the molecule is CC(C)N1CCOC1(C(C)C)C(C)C. The van der Waals surface area contributed by atoms with Crippen LogP contribution in [0, 0.1) is 11.8 Å². The second kappa shape index (κ2) is 4.19. The molecule has 0 saturated carbocycles. The maximum Gasteiger partial charge on any atom is 0.126 e. The fourth-order valence-corrected chi connectivity index (χ4v) is 2.89. The van der Waals surface area contributed by atoms with Gasteiger partial charge in [-0.05, 0) is 25.7 Å². The maximum atomic E-state index is 6.06. The molecule has 2 nitrogen and oxygen atoms in total. The predicted octanol–water partition coefficient (Wildman–Crippen LogP) is 2.74. The van der Waals surface area contributed by atoms with Crippen molar-refractivity contribution < 1.29 is 4.74 Å². The van der Waals surface area contributed by atoms with Crippen LogP contribution >= 0.6 is 0 Å². The van der Waals surface area contributed by atoms with Crippen molar-refractivity contribution in [2.24, 2.45) is 11.8 Å². The minimum absolute atomic E-state index is 0.0336. The van der Waals surface area contributed by atoms with Gasteiger partial charge in [0, 0.05) is 12.6 Å². The first-order valence-electron chi connectivity index (χ1n) is 5.83. The largest absolute Gasteiger partial charge is 0.359 e. The van der Waals surface area contributed by atoms with E-state index in [0.717, 1.165) is 13.2 Å². The van der Waals surface area contributed by atoms with Gasteiger partial charge in [-0.3, -0.25) is 4.90 Å². The summed E-state index contributed by atoms with van der Waals surface area (Å²) in [5.74, 6) is 1.10. The Hall–Kier alpha value is -0.0800. The molecule has 0 aromatic heterocycles. The van der Waals surface area contributed by atoms with Gasteiger partial charge in [-0.15, -0.1) is 0 Å². The van der Waals surface area contributed by atoms with Gasteiger partial charge < -0.3 is 4.74 Å². The van der Waals surface area contributed by atoms with Crippen molar-refractivity contribution in [3.63, 3.8) is 0 Å². The number of hydrogen-bond acceptors (Lipinski definition) is 2. The molecular weight excluding hydrogens is 174 g/mol. The second-order valence-electron chi connectivity index (χ2n) is 5.20. The molecule has 14 heavy (non-hydrogen) atoms. The Morgan fingerprint density at radius 1 is 1.00 bits per heavy atom. The zero-order valence-electron chi connectivity index (χ0n) is 10.5. The molecule has 1 saturated heterocycles. The van der Waals surface area contributed by atoms with E-state index in [9.17, 15) is 0 Å².